The molecule has 0 aromatic rings. The van der Waals surface area contributed by atoms with E-state index < -0.39 is 48.4 Å². The predicted molar refractivity (Wildman–Crippen MR) is 102 cm³/mol. The molecule has 0 saturated carbocycles. The number of carboxylic acids is 1. The number of nitrogens with two attached hydrogens (primary N) is 1. The third-order valence-corrected chi connectivity index (χ3v) is 4.68. The zero-order valence-electron chi connectivity index (χ0n) is 15.9. The Bertz CT molecular complexity index is 519. The van der Waals surface area contributed by atoms with E-state index in [9.17, 15) is 29.4 Å². The Morgan fingerprint density at radius 2 is 1.67 bits per heavy atom. The molecule has 0 aromatic heterocycles. The van der Waals surface area contributed by atoms with Crippen molar-refractivity contribution in [2.75, 3.05) is 25.2 Å². The molecule has 0 aromatic carbocycles. The monoisotopic (exact) mass is 406 g/mol. The number of aliphatic hydroxyl groups excluding tert-OH is 1. The van der Waals surface area contributed by atoms with E-state index in [2.05, 4.69) is 16.0 Å². The lowest BCUT2D eigenvalue weighted by atomic mass is 9.98. The molecule has 4 atom stereocenters. The SMILES string of the molecule is CCC(C)C(NC(=O)C(CCSC)NC(=O)C(CO)NC(=O)CN)C(=O)O. The lowest BCUT2D eigenvalue weighted by molar-refractivity contribution is -0.143. The molecule has 0 spiro atoms. The van der Waals surface area contributed by atoms with E-state index in [0.29, 0.717) is 12.2 Å². The number of aliphatic hydroxyl groups is 1. The lowest BCUT2D eigenvalue weighted by Gasteiger charge is -2.25. The quantitative estimate of drug-likeness (QED) is 0.210. The first-order chi connectivity index (χ1) is 12.7. The van der Waals surface area contributed by atoms with Gasteiger partial charge in [-0.2, -0.15) is 11.8 Å². The molecule has 0 radical (unpaired) electrons. The van der Waals surface area contributed by atoms with Crippen LogP contribution < -0.4 is 21.7 Å². The number of carbonyl (C=O) groups excluding carboxylic acids is 3. The zero-order valence-corrected chi connectivity index (χ0v) is 16.7. The molecule has 0 aliphatic heterocycles. The van der Waals surface area contributed by atoms with Crippen LogP contribution in [0.25, 0.3) is 0 Å². The van der Waals surface area contributed by atoms with Gasteiger partial charge in [-0.25, -0.2) is 4.79 Å². The summed E-state index contributed by atoms with van der Waals surface area (Å²) in [6.45, 7) is 2.50. The highest BCUT2D eigenvalue weighted by Gasteiger charge is 2.30. The summed E-state index contributed by atoms with van der Waals surface area (Å²) in [6.07, 6.45) is 2.64. The highest BCUT2D eigenvalue weighted by molar-refractivity contribution is 7.98. The second kappa shape index (κ2) is 13.3. The molecule has 11 heteroatoms. The molecule has 0 heterocycles. The second-order valence-electron chi connectivity index (χ2n) is 6.06. The summed E-state index contributed by atoms with van der Waals surface area (Å²) >= 11 is 1.46. The third kappa shape index (κ3) is 9.07. The van der Waals surface area contributed by atoms with Gasteiger partial charge in [-0.05, 0) is 24.3 Å². The molecular weight excluding hydrogens is 376 g/mol. The van der Waals surface area contributed by atoms with E-state index >= 15 is 0 Å². The van der Waals surface area contributed by atoms with Crippen molar-refractivity contribution in [2.24, 2.45) is 11.7 Å². The van der Waals surface area contributed by atoms with Gasteiger partial charge in [-0.1, -0.05) is 20.3 Å². The minimum Gasteiger partial charge on any atom is -0.480 e. The fourth-order valence-electron chi connectivity index (χ4n) is 2.16. The molecule has 27 heavy (non-hydrogen) atoms. The van der Waals surface area contributed by atoms with Gasteiger partial charge >= 0.3 is 5.97 Å². The average molecular weight is 407 g/mol. The number of hydrogen-bond donors (Lipinski definition) is 6. The Hall–Kier alpha value is -1.85. The fraction of sp³-hybridized carbons (Fsp3) is 0.750. The number of hydrogen-bond acceptors (Lipinski definition) is 7. The molecule has 0 fully saturated rings. The van der Waals surface area contributed by atoms with Crippen LogP contribution in [0, 0.1) is 5.92 Å². The van der Waals surface area contributed by atoms with Gasteiger partial charge in [0.25, 0.3) is 0 Å². The van der Waals surface area contributed by atoms with E-state index in [-0.39, 0.29) is 18.9 Å². The smallest absolute Gasteiger partial charge is 0.326 e. The topological polar surface area (TPSA) is 171 Å². The lowest BCUT2D eigenvalue weighted by Crippen LogP contribution is -2.57. The van der Waals surface area contributed by atoms with Crippen LogP contribution >= 0.6 is 11.8 Å². The first kappa shape index (κ1) is 25.1. The minimum absolute atomic E-state index is 0.259. The van der Waals surface area contributed by atoms with Gasteiger partial charge in [0, 0.05) is 0 Å². The number of aliphatic carboxylic acids is 1. The third-order valence-electron chi connectivity index (χ3n) is 4.04. The summed E-state index contributed by atoms with van der Waals surface area (Å²) in [5, 5.41) is 25.8. The van der Waals surface area contributed by atoms with E-state index in [0.717, 1.165) is 0 Å². The van der Waals surface area contributed by atoms with Crippen LogP contribution in [0.2, 0.25) is 0 Å². The second-order valence-corrected chi connectivity index (χ2v) is 7.05. The summed E-state index contributed by atoms with van der Waals surface area (Å²) in [4.78, 5) is 47.6. The van der Waals surface area contributed by atoms with Gasteiger partial charge in [0.2, 0.25) is 17.7 Å². The standard InChI is InChI=1S/C16H30N4O6S/c1-4-9(2)13(16(25)26)20-14(23)10(5-6-27-3)19-15(24)11(8-21)18-12(22)7-17/h9-11,13,21H,4-8,17H2,1-3H3,(H,18,22)(H,19,24)(H,20,23)(H,25,26). The zero-order chi connectivity index (χ0) is 21.0. The Kier molecular flexibility index (Phi) is 12.4. The summed E-state index contributed by atoms with van der Waals surface area (Å²) in [6, 6.07) is -3.34. The van der Waals surface area contributed by atoms with Crippen molar-refractivity contribution in [1.82, 2.24) is 16.0 Å². The first-order valence-corrected chi connectivity index (χ1v) is 10.0. The Morgan fingerprint density at radius 3 is 2.11 bits per heavy atom. The Morgan fingerprint density at radius 1 is 1.07 bits per heavy atom. The van der Waals surface area contributed by atoms with Gasteiger partial charge in [0.15, 0.2) is 0 Å². The molecule has 10 nitrogen and oxygen atoms in total. The molecule has 0 aliphatic carbocycles. The number of thioether (sulfide) groups is 1. The first-order valence-electron chi connectivity index (χ1n) is 8.64. The fourth-order valence-corrected chi connectivity index (χ4v) is 2.63. The van der Waals surface area contributed by atoms with Crippen LogP contribution in [0.15, 0.2) is 0 Å². The molecule has 0 aliphatic rings. The van der Waals surface area contributed by atoms with Gasteiger partial charge in [0.1, 0.15) is 18.1 Å². The summed E-state index contributed by atoms with van der Waals surface area (Å²) in [5.74, 6) is -2.92. The van der Waals surface area contributed by atoms with E-state index in [1.165, 1.54) is 11.8 Å². The van der Waals surface area contributed by atoms with Gasteiger partial charge in [-0.15, -0.1) is 0 Å². The number of amides is 3. The van der Waals surface area contributed by atoms with E-state index in [4.69, 9.17) is 5.73 Å². The number of nitrogens with one attached hydrogen (secondary N) is 3. The van der Waals surface area contributed by atoms with Crippen molar-refractivity contribution in [3.8, 4) is 0 Å². The van der Waals surface area contributed by atoms with Gasteiger partial charge < -0.3 is 31.9 Å². The molecular formula is C16H30N4O6S. The Labute approximate surface area is 163 Å². The highest BCUT2D eigenvalue weighted by atomic mass is 32.2. The largest absolute Gasteiger partial charge is 0.480 e. The van der Waals surface area contributed by atoms with Crippen molar-refractivity contribution >= 4 is 35.5 Å². The van der Waals surface area contributed by atoms with Crippen LogP contribution in [0.5, 0.6) is 0 Å². The van der Waals surface area contributed by atoms with Crippen LogP contribution in [0.3, 0.4) is 0 Å². The Balaban J connectivity index is 5.17. The average Bonchev–Trinajstić information content (AvgIpc) is 2.65. The minimum atomic E-state index is -1.25. The number of rotatable bonds is 13. The van der Waals surface area contributed by atoms with E-state index in [1.54, 1.807) is 6.92 Å². The van der Waals surface area contributed by atoms with Gasteiger partial charge in [-0.3, -0.25) is 14.4 Å². The molecule has 4 unspecified atom stereocenters. The number of carbonyl (C=O) groups is 4. The van der Waals surface area contributed by atoms with Crippen LogP contribution in [-0.4, -0.2) is 77.2 Å². The van der Waals surface area contributed by atoms with Crippen molar-refractivity contribution < 1.29 is 29.4 Å². The van der Waals surface area contributed by atoms with Crippen molar-refractivity contribution in [3.63, 3.8) is 0 Å². The molecule has 0 bridgehead atoms. The molecule has 0 saturated heterocycles. The molecule has 7 N–H and O–H groups in total. The van der Waals surface area contributed by atoms with E-state index in [1.807, 2.05) is 13.2 Å². The summed E-state index contributed by atoms with van der Waals surface area (Å²) in [5.41, 5.74) is 5.17. The van der Waals surface area contributed by atoms with Crippen molar-refractivity contribution in [1.29, 1.82) is 0 Å². The molecule has 0 rings (SSSR count). The number of carboxylic acid groups (broad SMARTS) is 1. The maximum absolute atomic E-state index is 12.5. The highest BCUT2D eigenvalue weighted by Crippen LogP contribution is 2.09. The predicted octanol–water partition coefficient (Wildman–Crippen LogP) is -1.72. The molecule has 3 amide bonds. The van der Waals surface area contributed by atoms with Crippen LogP contribution in [0.4, 0.5) is 0 Å². The normalized spacial score (nSPS) is 15.1. The van der Waals surface area contributed by atoms with Crippen molar-refractivity contribution in [2.45, 2.75) is 44.8 Å². The summed E-state index contributed by atoms with van der Waals surface area (Å²) in [7, 11) is 0. The van der Waals surface area contributed by atoms with Crippen LogP contribution in [0.1, 0.15) is 26.7 Å². The van der Waals surface area contributed by atoms with Crippen molar-refractivity contribution in [3.05, 3.63) is 0 Å². The summed E-state index contributed by atoms with van der Waals surface area (Å²) < 4.78 is 0. The van der Waals surface area contributed by atoms with Gasteiger partial charge in [0.05, 0.1) is 13.2 Å². The van der Waals surface area contributed by atoms with Crippen LogP contribution in [-0.2, 0) is 19.2 Å². The maximum atomic E-state index is 12.5. The maximum Gasteiger partial charge on any atom is 0.326 e. The molecule has 156 valence electrons.